The lowest BCUT2D eigenvalue weighted by molar-refractivity contribution is -0.122. The van der Waals surface area contributed by atoms with Crippen molar-refractivity contribution < 1.29 is 9.18 Å². The van der Waals surface area contributed by atoms with Crippen LogP contribution in [0.25, 0.3) is 16.5 Å². The third kappa shape index (κ3) is 2.26. The summed E-state index contributed by atoms with van der Waals surface area (Å²) < 4.78 is 14.3. The summed E-state index contributed by atoms with van der Waals surface area (Å²) >= 11 is 6.84. The van der Waals surface area contributed by atoms with Crippen molar-refractivity contribution in [2.75, 3.05) is 0 Å². The van der Waals surface area contributed by atoms with Crippen molar-refractivity contribution in [1.82, 2.24) is 15.5 Å². The molecule has 1 spiro atoms. The number of nitrogens with two attached hydrogens (primary N) is 1. The molecule has 1 aliphatic heterocycles. The highest BCUT2D eigenvalue weighted by atomic mass is 35.5. The molecule has 6 rings (SSSR count). The zero-order valence-electron chi connectivity index (χ0n) is 15.9. The fourth-order valence-electron chi connectivity index (χ4n) is 4.82. The van der Waals surface area contributed by atoms with Crippen LogP contribution >= 0.6 is 11.6 Å². The van der Waals surface area contributed by atoms with E-state index in [1.807, 2.05) is 24.3 Å². The Morgan fingerprint density at radius 3 is 2.87 bits per heavy atom. The van der Waals surface area contributed by atoms with Gasteiger partial charge in [-0.2, -0.15) is 5.10 Å². The molecule has 150 valence electrons. The number of benzene rings is 1. The molecule has 0 radical (unpaired) electrons. The first-order valence-corrected chi connectivity index (χ1v) is 10.3. The number of amides is 1. The molecule has 2 atom stereocenters. The average molecular weight is 421 g/mol. The minimum Gasteiger partial charge on any atom is -0.337 e. The first kappa shape index (κ1) is 17.9. The molecule has 1 amide bonds. The number of halogens is 2. The van der Waals surface area contributed by atoms with Crippen molar-refractivity contribution in [1.29, 1.82) is 0 Å². The number of allylic oxidation sites excluding steroid dienone is 4. The van der Waals surface area contributed by atoms with Crippen molar-refractivity contribution in [3.05, 3.63) is 81.8 Å². The maximum atomic E-state index is 14.3. The number of nitrogens with zero attached hydrogens (tertiary/aromatic N) is 1. The van der Waals surface area contributed by atoms with Crippen LogP contribution in [-0.2, 0) is 4.79 Å². The number of hydrogen-bond donors (Lipinski definition) is 3. The van der Waals surface area contributed by atoms with E-state index in [1.165, 1.54) is 6.07 Å². The topological polar surface area (TPSA) is 83.8 Å². The van der Waals surface area contributed by atoms with Gasteiger partial charge in [0.2, 0.25) is 5.91 Å². The fraction of sp³-hybridized carbons (Fsp3) is 0.217. The van der Waals surface area contributed by atoms with Crippen LogP contribution in [0.15, 0.2) is 70.5 Å². The maximum absolute atomic E-state index is 14.3. The molecule has 30 heavy (non-hydrogen) atoms. The van der Waals surface area contributed by atoms with Gasteiger partial charge in [0.15, 0.2) is 0 Å². The Hall–Kier alpha value is -2.96. The highest BCUT2D eigenvalue weighted by Gasteiger charge is 2.49. The van der Waals surface area contributed by atoms with E-state index >= 15 is 0 Å². The minimum absolute atomic E-state index is 0.294. The van der Waals surface area contributed by atoms with E-state index in [4.69, 9.17) is 17.3 Å². The molecule has 2 unspecified atom stereocenters. The summed E-state index contributed by atoms with van der Waals surface area (Å²) in [5, 5.41) is 11.1. The molecule has 4 N–H and O–H groups in total. The number of aromatic nitrogens is 2. The maximum Gasteiger partial charge on any atom is 0.242 e. The second-order valence-electron chi connectivity index (χ2n) is 8.18. The Kier molecular flexibility index (Phi) is 3.59. The second kappa shape index (κ2) is 6.03. The number of rotatable bonds is 2. The Balaban J connectivity index is 1.72. The van der Waals surface area contributed by atoms with Gasteiger partial charge in [-0.05, 0) is 47.1 Å². The quantitative estimate of drug-likeness (QED) is 0.693. The molecular weight excluding hydrogens is 403 g/mol. The van der Waals surface area contributed by atoms with Gasteiger partial charge in [0.25, 0.3) is 0 Å². The third-order valence-corrected chi connectivity index (χ3v) is 6.86. The van der Waals surface area contributed by atoms with Crippen LogP contribution in [0.4, 0.5) is 4.39 Å². The highest BCUT2D eigenvalue weighted by molar-refractivity contribution is 6.33. The number of H-pyrrole nitrogens is 1. The number of aromatic amines is 1. The zero-order chi connectivity index (χ0) is 20.6. The first-order chi connectivity index (χ1) is 14.5. The van der Waals surface area contributed by atoms with Crippen LogP contribution in [0.3, 0.4) is 0 Å². The summed E-state index contributed by atoms with van der Waals surface area (Å²) in [6.07, 6.45) is 13.5. The number of fused-ring (bicyclic) bond motifs is 1. The SMILES string of the molecule is NC1C(=O)NC23C=CC=CC2=C(Cl)C(C2CC2)=CC3=C1c1ccc(F)c2[nH]ncc12. The monoisotopic (exact) mass is 420 g/mol. The van der Waals surface area contributed by atoms with Gasteiger partial charge in [-0.25, -0.2) is 4.39 Å². The highest BCUT2D eigenvalue weighted by Crippen LogP contribution is 2.52. The lowest BCUT2D eigenvalue weighted by Crippen LogP contribution is -2.60. The second-order valence-corrected chi connectivity index (χ2v) is 8.55. The Bertz CT molecular complexity index is 1290. The van der Waals surface area contributed by atoms with Gasteiger partial charge in [-0.3, -0.25) is 9.89 Å². The fourth-order valence-corrected chi connectivity index (χ4v) is 5.24. The molecule has 1 aromatic heterocycles. The molecule has 1 aromatic carbocycles. The average Bonchev–Trinajstić information content (AvgIpc) is 3.45. The van der Waals surface area contributed by atoms with Crippen molar-refractivity contribution in [3.63, 3.8) is 0 Å². The normalized spacial score (nSPS) is 27.9. The van der Waals surface area contributed by atoms with Crippen molar-refractivity contribution in [3.8, 4) is 0 Å². The number of carbonyl (C=O) groups excluding carboxylic acids is 1. The molecule has 4 aliphatic rings. The van der Waals surface area contributed by atoms with E-state index in [2.05, 4.69) is 21.6 Å². The van der Waals surface area contributed by atoms with E-state index < -0.39 is 17.4 Å². The van der Waals surface area contributed by atoms with Crippen LogP contribution in [-0.4, -0.2) is 27.7 Å². The van der Waals surface area contributed by atoms with E-state index in [0.717, 1.165) is 29.6 Å². The molecule has 2 aromatic rings. The molecule has 0 bridgehead atoms. The summed E-state index contributed by atoms with van der Waals surface area (Å²) in [5.41, 5.74) is 10.0. The summed E-state index contributed by atoms with van der Waals surface area (Å²) in [6, 6.07) is 2.15. The molecule has 0 saturated heterocycles. The van der Waals surface area contributed by atoms with Crippen LogP contribution < -0.4 is 11.1 Å². The van der Waals surface area contributed by atoms with Crippen LogP contribution in [0.5, 0.6) is 0 Å². The number of hydrogen-bond acceptors (Lipinski definition) is 3. The van der Waals surface area contributed by atoms with Gasteiger partial charge < -0.3 is 11.1 Å². The van der Waals surface area contributed by atoms with Gasteiger partial charge in [-0.15, -0.1) is 0 Å². The van der Waals surface area contributed by atoms with Crippen molar-refractivity contribution >= 4 is 34.0 Å². The Morgan fingerprint density at radius 2 is 2.07 bits per heavy atom. The predicted octanol–water partition coefficient (Wildman–Crippen LogP) is 3.62. The van der Waals surface area contributed by atoms with Gasteiger partial charge in [-0.1, -0.05) is 48.0 Å². The van der Waals surface area contributed by atoms with Crippen LogP contribution in [0.1, 0.15) is 18.4 Å². The van der Waals surface area contributed by atoms with E-state index in [0.29, 0.717) is 33.0 Å². The standard InChI is InChI=1S/C23H18ClFN4O/c24-19-13(11-4-5-11)9-16-18(12-6-7-17(25)21-14(12)10-27-29-21)20(26)22(30)28-23(16)8-2-1-3-15(19)23/h1-3,6-11,20H,4-5,26H2,(H,27,29)(H,28,30). The molecule has 7 heteroatoms. The third-order valence-electron chi connectivity index (χ3n) is 6.44. The van der Waals surface area contributed by atoms with E-state index in [1.54, 1.807) is 12.3 Å². The number of carbonyl (C=O) groups is 1. The summed E-state index contributed by atoms with van der Waals surface area (Å²) in [7, 11) is 0. The largest absolute Gasteiger partial charge is 0.337 e. The summed E-state index contributed by atoms with van der Waals surface area (Å²) in [5.74, 6) is -0.297. The van der Waals surface area contributed by atoms with Crippen molar-refractivity contribution in [2.45, 2.75) is 24.4 Å². The van der Waals surface area contributed by atoms with E-state index in [9.17, 15) is 9.18 Å². The molecule has 3 aliphatic carbocycles. The lowest BCUT2D eigenvalue weighted by atomic mass is 9.68. The lowest BCUT2D eigenvalue weighted by Gasteiger charge is -2.45. The molecule has 2 heterocycles. The summed E-state index contributed by atoms with van der Waals surface area (Å²) in [4.78, 5) is 13.0. The van der Waals surface area contributed by atoms with Crippen molar-refractivity contribution in [2.24, 2.45) is 11.7 Å². The first-order valence-electron chi connectivity index (χ1n) is 9.93. The predicted molar refractivity (Wildman–Crippen MR) is 114 cm³/mol. The molecule has 5 nitrogen and oxygen atoms in total. The molecule has 1 saturated carbocycles. The van der Waals surface area contributed by atoms with Gasteiger partial charge in [0.1, 0.15) is 22.9 Å². The molecular formula is C23H18ClFN4O. The Labute approximate surface area is 176 Å². The van der Waals surface area contributed by atoms with E-state index in [-0.39, 0.29) is 5.91 Å². The van der Waals surface area contributed by atoms with Gasteiger partial charge in [0.05, 0.1) is 11.2 Å². The Morgan fingerprint density at radius 1 is 1.23 bits per heavy atom. The van der Waals surface area contributed by atoms with Crippen LogP contribution in [0, 0.1) is 11.7 Å². The van der Waals surface area contributed by atoms with Gasteiger partial charge in [0, 0.05) is 11.0 Å². The zero-order valence-corrected chi connectivity index (χ0v) is 16.6. The smallest absolute Gasteiger partial charge is 0.242 e. The van der Waals surface area contributed by atoms with Crippen LogP contribution in [0.2, 0.25) is 0 Å². The molecule has 1 fully saturated rings. The minimum atomic E-state index is -0.900. The van der Waals surface area contributed by atoms with Gasteiger partial charge >= 0.3 is 0 Å². The number of nitrogens with one attached hydrogen (secondary N) is 2. The summed E-state index contributed by atoms with van der Waals surface area (Å²) in [6.45, 7) is 0.